The number of fused-ring (bicyclic) bond motifs is 1. The molecule has 0 unspecified atom stereocenters. The Labute approximate surface area is 160 Å². The largest absolute Gasteiger partial charge is 0.376 e. The first kappa shape index (κ1) is 18.0. The van der Waals surface area contributed by atoms with Gasteiger partial charge < -0.3 is 15.0 Å². The molecule has 2 aliphatic rings. The van der Waals surface area contributed by atoms with E-state index in [1.165, 1.54) is 24.2 Å². The minimum Gasteiger partial charge on any atom is -0.376 e. The van der Waals surface area contributed by atoms with E-state index < -0.39 is 0 Å². The summed E-state index contributed by atoms with van der Waals surface area (Å²) >= 11 is 0. The topological polar surface area (TPSA) is 59.4 Å². The van der Waals surface area contributed by atoms with E-state index in [-0.39, 0.29) is 5.91 Å². The summed E-state index contributed by atoms with van der Waals surface area (Å²) in [5.74, 6) is 0.646. The molecule has 27 heavy (non-hydrogen) atoms. The molecule has 2 heterocycles. The zero-order chi connectivity index (χ0) is 18.6. The monoisotopic (exact) mass is 368 g/mol. The van der Waals surface area contributed by atoms with Crippen LogP contribution < -0.4 is 10.2 Å². The number of aromatic nitrogens is 2. The number of amides is 1. The molecular weight excluding hydrogens is 340 g/mol. The predicted molar refractivity (Wildman–Crippen MR) is 105 cm³/mol. The first-order chi connectivity index (χ1) is 13.3. The van der Waals surface area contributed by atoms with Gasteiger partial charge in [-0.2, -0.15) is 5.10 Å². The maximum absolute atomic E-state index is 12.8. The quantitative estimate of drug-likeness (QED) is 0.778. The van der Waals surface area contributed by atoms with Crippen LogP contribution in [0.15, 0.2) is 30.3 Å². The van der Waals surface area contributed by atoms with Crippen LogP contribution in [0.25, 0.3) is 0 Å². The van der Waals surface area contributed by atoms with Crippen LogP contribution in [-0.4, -0.2) is 41.9 Å². The third-order valence-electron chi connectivity index (χ3n) is 5.41. The average molecular weight is 368 g/mol. The first-order valence-electron chi connectivity index (χ1n) is 10.0. The first-order valence-corrected chi connectivity index (χ1v) is 10.0. The van der Waals surface area contributed by atoms with Gasteiger partial charge in [0.25, 0.3) is 5.91 Å². The molecule has 1 aromatic heterocycles. The highest BCUT2D eigenvalue weighted by atomic mass is 16.5. The summed E-state index contributed by atoms with van der Waals surface area (Å²) < 4.78 is 7.66. The molecule has 1 N–H and O–H groups in total. The van der Waals surface area contributed by atoms with Crippen molar-refractivity contribution in [2.45, 2.75) is 39.3 Å². The molecule has 1 aromatic carbocycles. The van der Waals surface area contributed by atoms with Crippen molar-refractivity contribution in [3.05, 3.63) is 47.3 Å². The molecule has 6 nitrogen and oxygen atoms in total. The zero-order valence-corrected chi connectivity index (χ0v) is 16.0. The number of carbonyl (C=O) groups excluding carboxylic acids is 1. The number of likely N-dealkylation sites (N-methyl/N-ethyl adjacent to an activating group) is 1. The van der Waals surface area contributed by atoms with Crippen molar-refractivity contribution >= 4 is 11.6 Å². The van der Waals surface area contributed by atoms with Crippen LogP contribution >= 0.6 is 0 Å². The SMILES string of the molecule is CCN(CCNC(=O)c1nn(CC2CC2)c2c1COCC2)c1ccccc1. The second kappa shape index (κ2) is 8.13. The molecule has 1 amide bonds. The fraction of sp³-hybridized carbons (Fsp3) is 0.524. The number of hydrogen-bond donors (Lipinski definition) is 1. The molecule has 0 spiro atoms. The Bertz CT molecular complexity index is 783. The number of rotatable bonds is 8. The summed E-state index contributed by atoms with van der Waals surface area (Å²) in [7, 11) is 0. The van der Waals surface area contributed by atoms with Gasteiger partial charge in [0, 0.05) is 49.5 Å². The van der Waals surface area contributed by atoms with E-state index in [1.54, 1.807) is 0 Å². The van der Waals surface area contributed by atoms with Gasteiger partial charge in [-0.25, -0.2) is 0 Å². The van der Waals surface area contributed by atoms with Gasteiger partial charge >= 0.3 is 0 Å². The lowest BCUT2D eigenvalue weighted by atomic mass is 10.1. The van der Waals surface area contributed by atoms with Crippen LogP contribution in [0.2, 0.25) is 0 Å². The van der Waals surface area contributed by atoms with Gasteiger partial charge in [0.15, 0.2) is 5.69 Å². The van der Waals surface area contributed by atoms with Gasteiger partial charge in [-0.15, -0.1) is 0 Å². The summed E-state index contributed by atoms with van der Waals surface area (Å²) in [6.07, 6.45) is 3.40. The van der Waals surface area contributed by atoms with Crippen LogP contribution in [0.3, 0.4) is 0 Å². The maximum Gasteiger partial charge on any atom is 0.272 e. The lowest BCUT2D eigenvalue weighted by Crippen LogP contribution is -2.35. The Morgan fingerprint density at radius 3 is 2.89 bits per heavy atom. The van der Waals surface area contributed by atoms with E-state index in [0.29, 0.717) is 25.5 Å². The Hall–Kier alpha value is -2.34. The number of nitrogens with zero attached hydrogens (tertiary/aromatic N) is 3. The number of ether oxygens (including phenoxy) is 1. The number of hydrogen-bond acceptors (Lipinski definition) is 4. The zero-order valence-electron chi connectivity index (χ0n) is 16.0. The normalized spacial score (nSPS) is 16.0. The summed E-state index contributed by atoms with van der Waals surface area (Å²) in [5, 5.41) is 7.71. The Morgan fingerprint density at radius 1 is 1.33 bits per heavy atom. The van der Waals surface area contributed by atoms with Crippen LogP contribution in [0.5, 0.6) is 0 Å². The average Bonchev–Trinajstić information content (AvgIpc) is 3.46. The molecule has 2 aromatic rings. The molecule has 1 aliphatic heterocycles. The van der Waals surface area contributed by atoms with Gasteiger partial charge in [0.2, 0.25) is 0 Å². The van der Waals surface area contributed by atoms with Crippen molar-refractivity contribution in [2.24, 2.45) is 5.92 Å². The number of nitrogens with one attached hydrogen (secondary N) is 1. The van der Waals surface area contributed by atoms with Gasteiger partial charge in [-0.1, -0.05) is 18.2 Å². The molecule has 4 rings (SSSR count). The van der Waals surface area contributed by atoms with Crippen LogP contribution in [-0.2, 0) is 24.3 Å². The van der Waals surface area contributed by atoms with Crippen molar-refractivity contribution in [3.8, 4) is 0 Å². The van der Waals surface area contributed by atoms with E-state index in [0.717, 1.165) is 37.5 Å². The van der Waals surface area contributed by atoms with Gasteiger partial charge in [0.1, 0.15) is 0 Å². The third kappa shape index (κ3) is 4.16. The van der Waals surface area contributed by atoms with E-state index in [4.69, 9.17) is 4.74 Å². The van der Waals surface area contributed by atoms with Crippen molar-refractivity contribution in [1.29, 1.82) is 0 Å². The van der Waals surface area contributed by atoms with E-state index in [1.807, 2.05) is 18.2 Å². The number of anilines is 1. The smallest absolute Gasteiger partial charge is 0.272 e. The summed E-state index contributed by atoms with van der Waals surface area (Å²) in [4.78, 5) is 15.0. The van der Waals surface area contributed by atoms with Crippen molar-refractivity contribution in [2.75, 3.05) is 31.1 Å². The Kier molecular flexibility index (Phi) is 5.43. The summed E-state index contributed by atoms with van der Waals surface area (Å²) in [5.41, 5.74) is 3.90. The maximum atomic E-state index is 12.8. The molecule has 0 radical (unpaired) electrons. The molecule has 6 heteroatoms. The van der Waals surface area contributed by atoms with Gasteiger partial charge in [-0.05, 0) is 37.8 Å². The highest BCUT2D eigenvalue weighted by molar-refractivity contribution is 5.94. The molecule has 144 valence electrons. The van der Waals surface area contributed by atoms with Gasteiger partial charge in [0.05, 0.1) is 13.2 Å². The number of para-hydroxylation sites is 1. The summed E-state index contributed by atoms with van der Waals surface area (Å²) in [6.45, 7) is 6.54. The van der Waals surface area contributed by atoms with E-state index >= 15 is 0 Å². The van der Waals surface area contributed by atoms with Crippen molar-refractivity contribution in [1.82, 2.24) is 15.1 Å². The van der Waals surface area contributed by atoms with Crippen LogP contribution in [0.1, 0.15) is 41.5 Å². The molecule has 1 aliphatic carbocycles. The minimum atomic E-state index is -0.0876. The Balaban J connectivity index is 1.40. The van der Waals surface area contributed by atoms with E-state index in [9.17, 15) is 4.79 Å². The van der Waals surface area contributed by atoms with Crippen LogP contribution in [0, 0.1) is 5.92 Å². The molecule has 1 saturated carbocycles. The summed E-state index contributed by atoms with van der Waals surface area (Å²) in [6, 6.07) is 10.3. The predicted octanol–water partition coefficient (Wildman–Crippen LogP) is 2.62. The highest BCUT2D eigenvalue weighted by Crippen LogP contribution is 2.32. The number of carbonyl (C=O) groups is 1. The standard InChI is InChI=1S/C21H28N4O2/c1-2-24(17-6-4-3-5-7-17)12-11-22-21(26)20-18-15-27-13-10-19(18)25(23-20)14-16-8-9-16/h3-7,16H,2,8-15H2,1H3,(H,22,26). The fourth-order valence-electron chi connectivity index (χ4n) is 3.68. The molecular formula is C21H28N4O2. The third-order valence-corrected chi connectivity index (χ3v) is 5.41. The van der Waals surface area contributed by atoms with Crippen molar-refractivity contribution < 1.29 is 9.53 Å². The van der Waals surface area contributed by atoms with Crippen molar-refractivity contribution in [3.63, 3.8) is 0 Å². The minimum absolute atomic E-state index is 0.0876. The second-order valence-corrected chi connectivity index (χ2v) is 7.37. The Morgan fingerprint density at radius 2 is 2.15 bits per heavy atom. The fourth-order valence-corrected chi connectivity index (χ4v) is 3.68. The molecule has 0 saturated heterocycles. The molecule has 1 fully saturated rings. The van der Waals surface area contributed by atoms with E-state index in [2.05, 4.69) is 39.1 Å². The lowest BCUT2D eigenvalue weighted by molar-refractivity contribution is 0.0926. The lowest BCUT2D eigenvalue weighted by Gasteiger charge is -2.23. The van der Waals surface area contributed by atoms with Gasteiger partial charge in [-0.3, -0.25) is 9.48 Å². The van der Waals surface area contributed by atoms with Crippen LogP contribution in [0.4, 0.5) is 5.69 Å². The molecule has 0 atom stereocenters. The second-order valence-electron chi connectivity index (χ2n) is 7.37. The molecule has 0 bridgehead atoms. The highest BCUT2D eigenvalue weighted by Gasteiger charge is 2.29. The number of benzene rings is 1.